The molecule has 0 saturated carbocycles. The Balaban J connectivity index is 2.71. The van der Waals surface area contributed by atoms with Gasteiger partial charge in [0.1, 0.15) is 15.7 Å². The average Bonchev–Trinajstić information content (AvgIpc) is 2.62. The van der Waals surface area contributed by atoms with E-state index in [0.29, 0.717) is 0 Å². The van der Waals surface area contributed by atoms with Gasteiger partial charge in [0.2, 0.25) is 0 Å². The van der Waals surface area contributed by atoms with Crippen molar-refractivity contribution in [3.05, 3.63) is 68.7 Å². The molecule has 0 aromatic heterocycles. The van der Waals surface area contributed by atoms with E-state index in [2.05, 4.69) is 6.58 Å². The third kappa shape index (κ3) is 3.87. The zero-order valence-electron chi connectivity index (χ0n) is 14.5. The summed E-state index contributed by atoms with van der Waals surface area (Å²) in [6.45, 7) is 4.92. The molecule has 0 radical (unpaired) electrons. The quantitative estimate of drug-likeness (QED) is 0.363. The van der Waals surface area contributed by atoms with Crippen molar-refractivity contribution in [1.82, 2.24) is 0 Å². The van der Waals surface area contributed by atoms with E-state index in [9.17, 15) is 18.5 Å². The first-order valence-corrected chi connectivity index (χ1v) is 9.76. The predicted octanol–water partition coefficient (Wildman–Crippen LogP) is 4.60. The van der Waals surface area contributed by atoms with Crippen LogP contribution < -0.4 is 9.04 Å². The van der Waals surface area contributed by atoms with Gasteiger partial charge in [0.05, 0.1) is 34.9 Å². The smallest absolute Gasteiger partial charge is 0.274 e. The Bertz CT molecular complexity index is 1010. The Morgan fingerprint density at radius 2 is 1.93 bits per heavy atom. The molecule has 2 aromatic rings. The van der Waals surface area contributed by atoms with E-state index in [1.54, 1.807) is 0 Å². The van der Waals surface area contributed by atoms with Gasteiger partial charge in [-0.05, 0) is 25.1 Å². The van der Waals surface area contributed by atoms with E-state index < -0.39 is 14.9 Å². The van der Waals surface area contributed by atoms with Gasteiger partial charge in [-0.1, -0.05) is 35.3 Å². The molecule has 144 valence electrons. The van der Waals surface area contributed by atoms with Crippen LogP contribution in [0.25, 0.3) is 0 Å². The van der Waals surface area contributed by atoms with E-state index in [0.717, 1.165) is 4.31 Å². The van der Waals surface area contributed by atoms with Crippen LogP contribution in [0.1, 0.15) is 5.56 Å². The summed E-state index contributed by atoms with van der Waals surface area (Å²) in [6, 6.07) is 6.84. The van der Waals surface area contributed by atoms with Crippen LogP contribution in [-0.4, -0.2) is 27.0 Å². The number of benzene rings is 2. The second kappa shape index (κ2) is 8.16. The standard InChI is InChI=1S/C17H16Cl2N2O5S/c1-4-10-20(12-6-5-7-13(11(12)2)21(22)23)27(24,25)15-9-8-14(26-3)16(18)17(15)19/h4-9H,1,10H2,2-3H3. The maximum Gasteiger partial charge on any atom is 0.274 e. The molecule has 0 atom stereocenters. The maximum absolute atomic E-state index is 13.3. The fraction of sp³-hybridized carbons (Fsp3) is 0.176. The van der Waals surface area contributed by atoms with Gasteiger partial charge in [0, 0.05) is 6.07 Å². The lowest BCUT2D eigenvalue weighted by Crippen LogP contribution is -2.32. The molecule has 2 aromatic carbocycles. The van der Waals surface area contributed by atoms with E-state index in [-0.39, 0.29) is 44.2 Å². The highest BCUT2D eigenvalue weighted by atomic mass is 35.5. The summed E-state index contributed by atoms with van der Waals surface area (Å²) in [4.78, 5) is 10.4. The molecular weight excluding hydrogens is 415 g/mol. The van der Waals surface area contributed by atoms with Crippen LogP contribution >= 0.6 is 23.2 Å². The van der Waals surface area contributed by atoms with Gasteiger partial charge < -0.3 is 4.74 Å². The van der Waals surface area contributed by atoms with Crippen molar-refractivity contribution in [2.75, 3.05) is 18.0 Å². The molecule has 2 rings (SSSR count). The number of halogens is 2. The Labute approximate surface area is 167 Å². The highest BCUT2D eigenvalue weighted by Crippen LogP contribution is 2.39. The summed E-state index contributed by atoms with van der Waals surface area (Å²) >= 11 is 12.2. The lowest BCUT2D eigenvalue weighted by atomic mass is 10.1. The Kier molecular flexibility index (Phi) is 6.35. The minimum Gasteiger partial charge on any atom is -0.495 e. The number of nitro benzene ring substituents is 1. The molecule has 0 aliphatic heterocycles. The molecule has 0 heterocycles. The number of anilines is 1. The van der Waals surface area contributed by atoms with Crippen LogP contribution in [0, 0.1) is 17.0 Å². The summed E-state index contributed by atoms with van der Waals surface area (Å²) in [5.41, 5.74) is 0.145. The lowest BCUT2D eigenvalue weighted by molar-refractivity contribution is -0.385. The molecule has 0 aliphatic rings. The van der Waals surface area contributed by atoms with Gasteiger partial charge in [-0.25, -0.2) is 8.42 Å². The van der Waals surface area contributed by atoms with Gasteiger partial charge in [0.15, 0.2) is 0 Å². The molecule has 0 N–H and O–H groups in total. The van der Waals surface area contributed by atoms with Gasteiger partial charge in [-0.15, -0.1) is 6.58 Å². The average molecular weight is 431 g/mol. The molecule has 0 aliphatic carbocycles. The van der Waals surface area contributed by atoms with Crippen molar-refractivity contribution in [2.45, 2.75) is 11.8 Å². The summed E-state index contributed by atoms with van der Waals surface area (Å²) < 4.78 is 32.5. The Hall–Kier alpha value is -2.29. The third-order valence-electron chi connectivity index (χ3n) is 3.84. The number of hydrogen-bond donors (Lipinski definition) is 0. The molecular formula is C17H16Cl2N2O5S. The summed E-state index contributed by atoms with van der Waals surface area (Å²) in [5, 5.41) is 11.0. The van der Waals surface area contributed by atoms with Crippen molar-refractivity contribution < 1.29 is 18.1 Å². The minimum absolute atomic E-state index is 0.0467. The highest BCUT2D eigenvalue weighted by molar-refractivity contribution is 7.93. The molecule has 0 spiro atoms. The minimum atomic E-state index is -4.19. The zero-order chi connectivity index (χ0) is 20.4. The van der Waals surface area contributed by atoms with Crippen molar-refractivity contribution in [3.63, 3.8) is 0 Å². The molecule has 7 nitrogen and oxygen atoms in total. The number of methoxy groups -OCH3 is 1. The molecule has 27 heavy (non-hydrogen) atoms. The topological polar surface area (TPSA) is 89.8 Å². The van der Waals surface area contributed by atoms with Gasteiger partial charge >= 0.3 is 0 Å². The number of hydrogen-bond acceptors (Lipinski definition) is 5. The molecule has 0 unspecified atom stereocenters. The zero-order valence-corrected chi connectivity index (χ0v) is 16.8. The SMILES string of the molecule is C=CCN(c1cccc([N+](=O)[O-])c1C)S(=O)(=O)c1ccc(OC)c(Cl)c1Cl. The largest absolute Gasteiger partial charge is 0.495 e. The predicted molar refractivity (Wildman–Crippen MR) is 106 cm³/mol. The second-order valence-electron chi connectivity index (χ2n) is 5.40. The molecule has 0 bridgehead atoms. The molecule has 0 amide bonds. The molecule has 10 heteroatoms. The van der Waals surface area contributed by atoms with Crippen LogP contribution in [0.3, 0.4) is 0 Å². The van der Waals surface area contributed by atoms with E-state index >= 15 is 0 Å². The van der Waals surface area contributed by atoms with Crippen molar-refractivity contribution in [1.29, 1.82) is 0 Å². The molecule has 0 saturated heterocycles. The number of nitro groups is 1. The van der Waals surface area contributed by atoms with Crippen molar-refractivity contribution in [3.8, 4) is 5.75 Å². The van der Waals surface area contributed by atoms with Crippen LogP contribution in [0.5, 0.6) is 5.75 Å². The summed E-state index contributed by atoms with van der Waals surface area (Å²) in [5.74, 6) is 0.224. The number of ether oxygens (including phenoxy) is 1. The Morgan fingerprint density at radius 3 is 2.48 bits per heavy atom. The number of nitrogens with zero attached hydrogens (tertiary/aromatic N) is 2. The van der Waals surface area contributed by atoms with Crippen LogP contribution in [0.4, 0.5) is 11.4 Å². The third-order valence-corrected chi connectivity index (χ3v) is 6.64. The van der Waals surface area contributed by atoms with Crippen LogP contribution in [-0.2, 0) is 10.0 Å². The monoisotopic (exact) mass is 430 g/mol. The number of sulfonamides is 1. The van der Waals surface area contributed by atoms with Gasteiger partial charge in [-0.2, -0.15) is 0 Å². The van der Waals surface area contributed by atoms with E-state index in [4.69, 9.17) is 27.9 Å². The Morgan fingerprint density at radius 1 is 1.26 bits per heavy atom. The first-order chi connectivity index (χ1) is 12.7. The fourth-order valence-corrected chi connectivity index (χ4v) is 4.82. The first kappa shape index (κ1) is 21.0. The first-order valence-electron chi connectivity index (χ1n) is 7.56. The lowest BCUT2D eigenvalue weighted by Gasteiger charge is -2.25. The summed E-state index contributed by atoms with van der Waals surface area (Å²) in [6.07, 6.45) is 1.37. The van der Waals surface area contributed by atoms with Crippen LogP contribution in [0.15, 0.2) is 47.9 Å². The van der Waals surface area contributed by atoms with Gasteiger partial charge in [-0.3, -0.25) is 14.4 Å². The van der Waals surface area contributed by atoms with Crippen molar-refractivity contribution >= 4 is 44.6 Å². The van der Waals surface area contributed by atoms with Crippen molar-refractivity contribution in [2.24, 2.45) is 0 Å². The summed E-state index contributed by atoms with van der Waals surface area (Å²) in [7, 11) is -2.81. The second-order valence-corrected chi connectivity index (χ2v) is 7.98. The normalized spacial score (nSPS) is 11.1. The fourth-order valence-electron chi connectivity index (χ4n) is 2.51. The van der Waals surface area contributed by atoms with E-state index in [1.165, 1.54) is 50.4 Å². The number of rotatable bonds is 7. The maximum atomic E-state index is 13.3. The molecule has 0 fully saturated rings. The van der Waals surface area contributed by atoms with Gasteiger partial charge in [0.25, 0.3) is 15.7 Å². The van der Waals surface area contributed by atoms with Crippen LogP contribution in [0.2, 0.25) is 10.0 Å². The highest BCUT2D eigenvalue weighted by Gasteiger charge is 2.31. The van der Waals surface area contributed by atoms with E-state index in [1.807, 2.05) is 0 Å².